The van der Waals surface area contributed by atoms with Gasteiger partial charge in [0.25, 0.3) is 0 Å². The monoisotopic (exact) mass is 378 g/mol. The number of amidine groups is 1. The van der Waals surface area contributed by atoms with E-state index in [0.717, 1.165) is 6.07 Å². The molecular weight excluding hydrogens is 360 g/mol. The van der Waals surface area contributed by atoms with Gasteiger partial charge in [-0.2, -0.15) is 13.2 Å². The quantitative estimate of drug-likeness (QED) is 0.771. The molecule has 0 saturated carbocycles. The number of rotatable bonds is 2. The van der Waals surface area contributed by atoms with Crippen molar-refractivity contribution in [3.8, 4) is 0 Å². The van der Waals surface area contributed by atoms with E-state index in [-0.39, 0.29) is 18.1 Å². The van der Waals surface area contributed by atoms with E-state index in [1.54, 1.807) is 0 Å². The number of carbonyl (C=O) groups excluding carboxylic acids is 1. The van der Waals surface area contributed by atoms with Gasteiger partial charge < -0.3 is 15.2 Å². The Bertz CT molecular complexity index is 740. The third-order valence-electron chi connectivity index (χ3n) is 3.87. The summed E-state index contributed by atoms with van der Waals surface area (Å²) in [5.74, 6) is -1.72. The van der Waals surface area contributed by atoms with Gasteiger partial charge in [0, 0.05) is 0 Å². The number of alkyl carbamates (subject to hydrolysis) is 1. The molecule has 3 N–H and O–H groups in total. The van der Waals surface area contributed by atoms with Crippen LogP contribution in [0.2, 0.25) is 0 Å². The predicted octanol–water partition coefficient (Wildman–Crippen LogP) is 2.51. The highest BCUT2D eigenvalue weighted by molar-refractivity contribution is 6.01. The molecule has 11 heteroatoms. The zero-order chi connectivity index (χ0) is 19.8. The molecule has 0 spiro atoms. The number of carbonyl (C=O) groups is 1. The maximum absolute atomic E-state index is 14.2. The van der Waals surface area contributed by atoms with Crippen molar-refractivity contribution in [3.63, 3.8) is 0 Å². The van der Waals surface area contributed by atoms with Gasteiger partial charge in [-0.1, -0.05) is 0 Å². The number of alkyl halides is 3. The summed E-state index contributed by atoms with van der Waals surface area (Å²) in [7, 11) is 0. The largest absolute Gasteiger partial charge is 0.450 e. The number of nitrogens with two attached hydrogens (primary N) is 1. The van der Waals surface area contributed by atoms with Crippen LogP contribution < -0.4 is 11.1 Å². The molecule has 0 unspecified atom stereocenters. The number of pyridine rings is 1. The van der Waals surface area contributed by atoms with Gasteiger partial charge in [0.05, 0.1) is 13.2 Å². The Morgan fingerprint density at radius 3 is 2.65 bits per heavy atom. The van der Waals surface area contributed by atoms with Crippen LogP contribution in [0.25, 0.3) is 0 Å². The first-order valence-electron chi connectivity index (χ1n) is 7.60. The second kappa shape index (κ2) is 6.71. The van der Waals surface area contributed by atoms with Gasteiger partial charge in [-0.3, -0.25) is 10.3 Å². The van der Waals surface area contributed by atoms with Crippen molar-refractivity contribution in [2.24, 2.45) is 4.99 Å². The fourth-order valence-electron chi connectivity index (χ4n) is 2.32. The normalized spacial score (nSPS) is 26.2. The van der Waals surface area contributed by atoms with Crippen molar-refractivity contribution in [1.29, 1.82) is 0 Å². The minimum atomic E-state index is -4.89. The summed E-state index contributed by atoms with van der Waals surface area (Å²) in [5.41, 5.74) is 0.686. The van der Waals surface area contributed by atoms with Crippen molar-refractivity contribution in [2.75, 3.05) is 18.9 Å². The first-order valence-corrected chi connectivity index (χ1v) is 7.60. The highest BCUT2D eigenvalue weighted by Crippen LogP contribution is 2.41. The number of aromatic nitrogens is 1. The fraction of sp³-hybridized carbons (Fsp3) is 0.533. The van der Waals surface area contributed by atoms with E-state index in [9.17, 15) is 22.4 Å². The number of nitrogens with zero attached hydrogens (tertiary/aromatic N) is 2. The Balaban J connectivity index is 2.56. The summed E-state index contributed by atoms with van der Waals surface area (Å²) >= 11 is 0. The number of hydrogen-bond donors (Lipinski definition) is 2. The smallest absolute Gasteiger partial charge is 0.424 e. The van der Waals surface area contributed by atoms with Crippen LogP contribution in [-0.2, 0) is 15.0 Å². The number of nitrogen functional groups attached to an aromatic ring is 1. The highest BCUT2D eigenvalue weighted by atomic mass is 19.4. The lowest BCUT2D eigenvalue weighted by Gasteiger charge is -2.41. The van der Waals surface area contributed by atoms with Crippen molar-refractivity contribution >= 4 is 17.7 Å². The fourth-order valence-corrected chi connectivity index (χ4v) is 2.32. The molecule has 0 fully saturated rings. The van der Waals surface area contributed by atoms with E-state index in [0.29, 0.717) is 6.92 Å². The molecule has 0 radical (unpaired) electrons. The van der Waals surface area contributed by atoms with Crippen LogP contribution in [0.4, 0.5) is 28.2 Å². The van der Waals surface area contributed by atoms with Crippen molar-refractivity contribution in [2.45, 2.75) is 38.1 Å². The molecule has 0 saturated heterocycles. The Kier molecular flexibility index (Phi) is 5.13. The predicted molar refractivity (Wildman–Crippen MR) is 84.0 cm³/mol. The maximum Gasteiger partial charge on any atom is 0.424 e. The lowest BCUT2D eigenvalue weighted by molar-refractivity contribution is -0.250. The van der Waals surface area contributed by atoms with Crippen LogP contribution in [0.5, 0.6) is 0 Å². The summed E-state index contributed by atoms with van der Waals surface area (Å²) in [6, 6.07) is 2.22. The van der Waals surface area contributed by atoms with E-state index >= 15 is 0 Å². The van der Waals surface area contributed by atoms with Crippen LogP contribution >= 0.6 is 0 Å². The van der Waals surface area contributed by atoms with Gasteiger partial charge >= 0.3 is 12.3 Å². The van der Waals surface area contributed by atoms with E-state index in [1.165, 1.54) is 19.9 Å². The average molecular weight is 378 g/mol. The molecule has 26 heavy (non-hydrogen) atoms. The van der Waals surface area contributed by atoms with E-state index in [4.69, 9.17) is 10.5 Å². The molecule has 2 heterocycles. The van der Waals surface area contributed by atoms with E-state index < -0.39 is 41.7 Å². The van der Waals surface area contributed by atoms with E-state index in [1.807, 2.05) is 5.32 Å². The van der Waals surface area contributed by atoms with Crippen LogP contribution in [0.15, 0.2) is 17.1 Å². The number of amides is 1. The number of anilines is 1. The maximum atomic E-state index is 14.2. The standard InChI is InChI=1S/C15H18F4N4O3/c1-4-25-12(24)22-11-14(3,15(17,18)19)26-7-13(2,23-11)10-8(16)5-6-9(20)21-10/h5-6H,4,7H2,1-3H3,(H2,20,21)(H,22,23,24)/t13-,14+/m0/s1. The molecule has 1 aromatic rings. The molecule has 1 aliphatic heterocycles. The van der Waals surface area contributed by atoms with Crippen LogP contribution in [0.3, 0.4) is 0 Å². The molecule has 0 aliphatic carbocycles. The van der Waals surface area contributed by atoms with Crippen molar-refractivity contribution in [1.82, 2.24) is 10.3 Å². The molecule has 1 amide bonds. The number of hydrogen-bond acceptors (Lipinski definition) is 6. The Morgan fingerprint density at radius 1 is 1.42 bits per heavy atom. The molecule has 7 nitrogen and oxygen atoms in total. The molecule has 0 bridgehead atoms. The summed E-state index contributed by atoms with van der Waals surface area (Å²) in [4.78, 5) is 19.4. The van der Waals surface area contributed by atoms with Gasteiger partial charge in [0.1, 0.15) is 28.7 Å². The molecular formula is C15H18F4N4O3. The van der Waals surface area contributed by atoms with Gasteiger partial charge in [0.2, 0.25) is 5.60 Å². The Morgan fingerprint density at radius 2 is 2.08 bits per heavy atom. The molecule has 144 valence electrons. The van der Waals surface area contributed by atoms with E-state index in [2.05, 4.69) is 14.7 Å². The van der Waals surface area contributed by atoms with Gasteiger partial charge in [-0.25, -0.2) is 14.2 Å². The van der Waals surface area contributed by atoms with Crippen LogP contribution in [0, 0.1) is 5.82 Å². The molecule has 1 aliphatic rings. The third kappa shape index (κ3) is 3.57. The van der Waals surface area contributed by atoms with Gasteiger partial charge in [-0.05, 0) is 32.9 Å². The Hall–Kier alpha value is -2.43. The topological polar surface area (TPSA) is 98.8 Å². The minimum absolute atomic E-state index is 0.0399. The minimum Gasteiger partial charge on any atom is -0.450 e. The lowest BCUT2D eigenvalue weighted by atomic mass is 9.93. The second-order valence-electron chi connectivity index (χ2n) is 5.97. The summed E-state index contributed by atoms with van der Waals surface area (Å²) in [6.45, 7) is 2.81. The van der Waals surface area contributed by atoms with Crippen LogP contribution in [0.1, 0.15) is 26.5 Å². The third-order valence-corrected chi connectivity index (χ3v) is 3.87. The summed E-state index contributed by atoms with van der Waals surface area (Å²) in [5, 5.41) is 1.94. The molecule has 2 atom stereocenters. The second-order valence-corrected chi connectivity index (χ2v) is 5.97. The van der Waals surface area contributed by atoms with Gasteiger partial charge in [0.15, 0.2) is 0 Å². The zero-order valence-corrected chi connectivity index (χ0v) is 14.3. The lowest BCUT2D eigenvalue weighted by Crippen LogP contribution is -2.62. The van der Waals surface area contributed by atoms with Gasteiger partial charge in [-0.15, -0.1) is 0 Å². The molecule has 0 aromatic carbocycles. The number of ether oxygens (including phenoxy) is 2. The van der Waals surface area contributed by atoms with Crippen LogP contribution in [-0.4, -0.2) is 41.9 Å². The SMILES string of the molecule is CCOC(=O)NC1=N[C@](C)(c2nc(N)ccc2F)CO[C@@]1(C)C(F)(F)F. The molecule has 1 aromatic heterocycles. The summed E-state index contributed by atoms with van der Waals surface area (Å²) in [6.07, 6.45) is -6.04. The highest BCUT2D eigenvalue weighted by Gasteiger charge is 2.60. The zero-order valence-electron chi connectivity index (χ0n) is 14.3. The van der Waals surface area contributed by atoms with Crippen molar-refractivity contribution in [3.05, 3.63) is 23.6 Å². The Labute approximate surface area is 146 Å². The molecule has 2 rings (SSSR count). The average Bonchev–Trinajstić information content (AvgIpc) is 2.52. The first kappa shape index (κ1) is 19.9. The number of halogens is 4. The summed E-state index contributed by atoms with van der Waals surface area (Å²) < 4.78 is 64.3. The number of nitrogens with one attached hydrogen (secondary N) is 1. The number of aliphatic imine (C=N–C) groups is 1. The van der Waals surface area contributed by atoms with Crippen molar-refractivity contribution < 1.29 is 31.8 Å². The first-order chi connectivity index (χ1) is 11.9.